The summed E-state index contributed by atoms with van der Waals surface area (Å²) in [6.07, 6.45) is 4.15. The molecule has 0 spiro atoms. The quantitative estimate of drug-likeness (QED) is 0.809. The van der Waals surface area contributed by atoms with E-state index in [0.29, 0.717) is 11.5 Å². The fourth-order valence-corrected chi connectivity index (χ4v) is 3.48. The van der Waals surface area contributed by atoms with Gasteiger partial charge in [0.05, 0.1) is 6.42 Å². The van der Waals surface area contributed by atoms with E-state index in [1.54, 1.807) is 0 Å². The van der Waals surface area contributed by atoms with Crippen molar-refractivity contribution in [2.24, 2.45) is 5.92 Å². The van der Waals surface area contributed by atoms with E-state index in [9.17, 15) is 13.6 Å². The molecule has 0 aromatic heterocycles. The molecular formula is C16H20BrF2NO. The smallest absolute Gasteiger partial charge is 0.224 e. The lowest BCUT2D eigenvalue weighted by Crippen LogP contribution is -2.52. The maximum Gasteiger partial charge on any atom is 0.224 e. The average molecular weight is 360 g/mol. The van der Waals surface area contributed by atoms with Crippen LogP contribution in [0.1, 0.15) is 38.2 Å². The third-order valence-electron chi connectivity index (χ3n) is 4.24. The van der Waals surface area contributed by atoms with Gasteiger partial charge in [-0.05, 0) is 49.3 Å². The Kier molecular flexibility index (Phi) is 5.36. The number of carbonyl (C=O) groups excluding carboxylic acids is 1. The van der Waals surface area contributed by atoms with Crippen LogP contribution in [0.2, 0.25) is 0 Å². The Balaban J connectivity index is 1.98. The normalized spacial score (nSPS) is 25.6. The van der Waals surface area contributed by atoms with Crippen molar-refractivity contribution in [2.45, 2.75) is 44.6 Å². The van der Waals surface area contributed by atoms with Gasteiger partial charge in [0.15, 0.2) is 11.6 Å². The second-order valence-corrected chi connectivity index (χ2v) is 6.63. The van der Waals surface area contributed by atoms with Crippen molar-refractivity contribution in [3.8, 4) is 0 Å². The van der Waals surface area contributed by atoms with Gasteiger partial charge < -0.3 is 5.32 Å². The molecule has 1 N–H and O–H groups in total. The van der Waals surface area contributed by atoms with Crippen molar-refractivity contribution in [2.75, 3.05) is 5.33 Å². The first-order valence-electron chi connectivity index (χ1n) is 7.25. The predicted octanol–water partition coefficient (Wildman–Crippen LogP) is 3.97. The van der Waals surface area contributed by atoms with E-state index in [1.807, 2.05) is 0 Å². The van der Waals surface area contributed by atoms with E-state index in [4.69, 9.17) is 0 Å². The van der Waals surface area contributed by atoms with Crippen LogP contribution in [-0.2, 0) is 11.2 Å². The topological polar surface area (TPSA) is 29.1 Å². The first kappa shape index (κ1) is 16.4. The summed E-state index contributed by atoms with van der Waals surface area (Å²) >= 11 is 3.50. The van der Waals surface area contributed by atoms with Crippen molar-refractivity contribution in [1.29, 1.82) is 0 Å². The van der Waals surface area contributed by atoms with Crippen molar-refractivity contribution >= 4 is 21.8 Å². The molecule has 0 radical (unpaired) electrons. The van der Waals surface area contributed by atoms with Gasteiger partial charge in [0.1, 0.15) is 0 Å². The van der Waals surface area contributed by atoms with Crippen LogP contribution in [0.3, 0.4) is 0 Å². The fraction of sp³-hybridized carbons (Fsp3) is 0.562. The number of rotatable bonds is 4. The van der Waals surface area contributed by atoms with Gasteiger partial charge in [0.25, 0.3) is 0 Å². The lowest BCUT2D eigenvalue weighted by atomic mass is 9.78. The number of alkyl halides is 1. The zero-order chi connectivity index (χ0) is 15.5. The number of benzene rings is 1. The van der Waals surface area contributed by atoms with E-state index >= 15 is 0 Å². The molecule has 0 unspecified atom stereocenters. The number of carbonyl (C=O) groups is 1. The molecule has 116 valence electrons. The fourth-order valence-electron chi connectivity index (χ4n) is 2.78. The Morgan fingerprint density at radius 1 is 1.33 bits per heavy atom. The largest absolute Gasteiger partial charge is 0.350 e. The summed E-state index contributed by atoms with van der Waals surface area (Å²) in [6, 6.07) is 3.58. The molecule has 0 aliphatic heterocycles. The molecule has 1 aliphatic carbocycles. The minimum Gasteiger partial charge on any atom is -0.350 e. The zero-order valence-electron chi connectivity index (χ0n) is 12.1. The molecule has 1 aromatic carbocycles. The van der Waals surface area contributed by atoms with Gasteiger partial charge in [0, 0.05) is 10.9 Å². The Labute approximate surface area is 132 Å². The van der Waals surface area contributed by atoms with E-state index in [-0.39, 0.29) is 17.9 Å². The predicted molar refractivity (Wildman–Crippen MR) is 82.4 cm³/mol. The van der Waals surface area contributed by atoms with Gasteiger partial charge in [-0.2, -0.15) is 0 Å². The van der Waals surface area contributed by atoms with Crippen molar-refractivity contribution in [1.82, 2.24) is 5.32 Å². The lowest BCUT2D eigenvalue weighted by Gasteiger charge is -2.39. The first-order valence-corrected chi connectivity index (χ1v) is 8.37. The number of hydrogen-bond acceptors (Lipinski definition) is 1. The number of nitrogens with one attached hydrogen (secondary N) is 1. The van der Waals surface area contributed by atoms with Gasteiger partial charge in [0.2, 0.25) is 5.91 Å². The molecule has 1 saturated carbocycles. The summed E-state index contributed by atoms with van der Waals surface area (Å²) in [4.78, 5) is 12.2. The SMILES string of the molecule is CC1CCC(CBr)(NC(=O)Cc2ccc(F)c(F)c2)CC1. The zero-order valence-corrected chi connectivity index (χ0v) is 13.7. The Morgan fingerprint density at radius 2 is 2.00 bits per heavy atom. The van der Waals surface area contributed by atoms with Gasteiger partial charge in [-0.25, -0.2) is 8.78 Å². The highest BCUT2D eigenvalue weighted by molar-refractivity contribution is 9.09. The Bertz CT molecular complexity index is 513. The molecule has 0 bridgehead atoms. The number of amides is 1. The Hall–Kier alpha value is -0.970. The van der Waals surface area contributed by atoms with Crippen LogP contribution >= 0.6 is 15.9 Å². The van der Waals surface area contributed by atoms with Gasteiger partial charge >= 0.3 is 0 Å². The second kappa shape index (κ2) is 6.86. The summed E-state index contributed by atoms with van der Waals surface area (Å²) in [5.41, 5.74) is 0.280. The van der Waals surface area contributed by atoms with E-state index < -0.39 is 11.6 Å². The molecule has 1 aromatic rings. The highest BCUT2D eigenvalue weighted by Crippen LogP contribution is 2.33. The lowest BCUT2D eigenvalue weighted by molar-refractivity contribution is -0.122. The molecule has 1 amide bonds. The average Bonchev–Trinajstić information content (AvgIpc) is 2.46. The van der Waals surface area contributed by atoms with Crippen molar-refractivity contribution in [3.05, 3.63) is 35.4 Å². The summed E-state index contributed by atoms with van der Waals surface area (Å²) < 4.78 is 26.0. The van der Waals surface area contributed by atoms with E-state index in [2.05, 4.69) is 28.2 Å². The maximum absolute atomic E-state index is 13.2. The molecule has 21 heavy (non-hydrogen) atoms. The first-order chi connectivity index (χ1) is 9.94. The van der Waals surface area contributed by atoms with Crippen LogP contribution in [0.4, 0.5) is 8.78 Å². The Morgan fingerprint density at radius 3 is 2.57 bits per heavy atom. The summed E-state index contributed by atoms with van der Waals surface area (Å²) in [5.74, 6) is -1.25. The van der Waals surface area contributed by atoms with Gasteiger partial charge in [-0.3, -0.25) is 4.79 Å². The molecule has 2 nitrogen and oxygen atoms in total. The van der Waals surface area contributed by atoms with Crippen molar-refractivity contribution in [3.63, 3.8) is 0 Å². The number of halogens is 3. The van der Waals surface area contributed by atoms with Crippen LogP contribution < -0.4 is 5.32 Å². The van der Waals surface area contributed by atoms with Crippen LogP contribution in [0, 0.1) is 17.6 Å². The van der Waals surface area contributed by atoms with Crippen LogP contribution in [0.25, 0.3) is 0 Å². The summed E-state index contributed by atoms with van der Waals surface area (Å²) in [6.45, 7) is 2.22. The molecular weight excluding hydrogens is 340 g/mol. The third-order valence-corrected chi connectivity index (χ3v) is 5.31. The molecule has 1 aliphatic rings. The van der Waals surface area contributed by atoms with Crippen LogP contribution in [-0.4, -0.2) is 16.8 Å². The van der Waals surface area contributed by atoms with Gasteiger partial charge in [-0.15, -0.1) is 0 Å². The summed E-state index contributed by atoms with van der Waals surface area (Å²) in [5, 5.41) is 3.80. The molecule has 2 rings (SSSR count). The van der Waals surface area contributed by atoms with Gasteiger partial charge in [-0.1, -0.05) is 28.9 Å². The minimum atomic E-state index is -0.915. The monoisotopic (exact) mass is 359 g/mol. The van der Waals surface area contributed by atoms with E-state index in [1.165, 1.54) is 6.07 Å². The highest BCUT2D eigenvalue weighted by atomic mass is 79.9. The standard InChI is InChI=1S/C16H20BrF2NO/c1-11-4-6-16(10-17,7-5-11)20-15(21)9-12-2-3-13(18)14(19)8-12/h2-3,8,11H,4-7,9-10H2,1H3,(H,20,21). The molecule has 1 fully saturated rings. The van der Waals surface area contributed by atoms with Crippen LogP contribution in [0.5, 0.6) is 0 Å². The van der Waals surface area contributed by atoms with Crippen molar-refractivity contribution < 1.29 is 13.6 Å². The molecule has 5 heteroatoms. The second-order valence-electron chi connectivity index (χ2n) is 6.07. The minimum absolute atomic E-state index is 0.0709. The molecule has 0 heterocycles. The highest BCUT2D eigenvalue weighted by Gasteiger charge is 2.34. The summed E-state index contributed by atoms with van der Waals surface area (Å²) in [7, 11) is 0. The van der Waals surface area contributed by atoms with Crippen LogP contribution in [0.15, 0.2) is 18.2 Å². The molecule has 0 saturated heterocycles. The number of hydrogen-bond donors (Lipinski definition) is 1. The maximum atomic E-state index is 13.2. The van der Waals surface area contributed by atoms with E-state index in [0.717, 1.165) is 43.1 Å². The molecule has 0 atom stereocenters. The third kappa shape index (κ3) is 4.25.